The molecule has 0 atom stereocenters. The highest BCUT2D eigenvalue weighted by molar-refractivity contribution is 7.26. The van der Waals surface area contributed by atoms with Crippen LogP contribution in [0.4, 0.5) is 0 Å². The predicted octanol–water partition coefficient (Wildman–Crippen LogP) is 10.4. The lowest BCUT2D eigenvalue weighted by atomic mass is 9.83. The third-order valence-corrected chi connectivity index (χ3v) is 10.2. The fourth-order valence-electron chi connectivity index (χ4n) is 7.18. The summed E-state index contributed by atoms with van der Waals surface area (Å²) >= 11 is 1.94. The van der Waals surface area contributed by atoms with E-state index in [0.29, 0.717) is 0 Å². The summed E-state index contributed by atoms with van der Waals surface area (Å²) in [5, 5.41) is 4.16. The van der Waals surface area contributed by atoms with Gasteiger partial charge in [0, 0.05) is 42.5 Å². The number of aryl methyl sites for hydroxylation is 2. The van der Waals surface area contributed by atoms with Gasteiger partial charge in [0.05, 0.1) is 5.52 Å². The van der Waals surface area contributed by atoms with Crippen molar-refractivity contribution in [2.24, 2.45) is 0 Å². The zero-order valence-electron chi connectivity index (χ0n) is 22.2. The lowest BCUT2D eigenvalue weighted by Gasteiger charge is -2.21. The number of hydrogen-bond acceptors (Lipinski definition) is 1. The molecule has 5 aromatic carbocycles. The number of thiophene rings is 1. The van der Waals surface area contributed by atoms with Crippen LogP contribution in [0.1, 0.15) is 28.8 Å². The maximum absolute atomic E-state index is 2.47. The second-order valence-corrected chi connectivity index (χ2v) is 12.2. The monoisotopic (exact) mass is 529 g/mol. The Balaban J connectivity index is 1.21. The Bertz CT molecular complexity index is 2150. The van der Waals surface area contributed by atoms with Gasteiger partial charge in [-0.3, -0.25) is 0 Å². The number of hydrogen-bond donors (Lipinski definition) is 0. The Morgan fingerprint density at radius 1 is 0.625 bits per heavy atom. The summed E-state index contributed by atoms with van der Waals surface area (Å²) in [6.45, 7) is 0. The maximum atomic E-state index is 2.47. The first-order chi connectivity index (χ1) is 19.8. The SMILES string of the molecule is C1=Cc2c(n(-c3ccc(-c4cccc5c4sc4ccc6c(c45)-c4ccccc4CC6)cc3)c3ccccc23)CC1. The van der Waals surface area contributed by atoms with Crippen LogP contribution in [0, 0.1) is 0 Å². The van der Waals surface area contributed by atoms with Crippen molar-refractivity contribution in [2.75, 3.05) is 0 Å². The van der Waals surface area contributed by atoms with Crippen LogP contribution in [-0.4, -0.2) is 4.57 Å². The van der Waals surface area contributed by atoms with Gasteiger partial charge in [0.1, 0.15) is 0 Å². The molecule has 2 aromatic heterocycles. The van der Waals surface area contributed by atoms with E-state index in [0.717, 1.165) is 25.7 Å². The standard InChI is InChI=1S/C38H27NS/c1-2-9-28-24(8-1)16-17-26-20-23-35-37(36(26)28)32-13-7-12-29(38(32)40-35)25-18-21-27(22-19-25)39-33-14-5-3-10-30(33)31-11-4-6-15-34(31)39/h1-5,7-14,18-23H,6,15-17H2. The first-order valence-electron chi connectivity index (χ1n) is 14.3. The molecule has 0 amide bonds. The van der Waals surface area contributed by atoms with Crippen molar-refractivity contribution < 1.29 is 0 Å². The smallest absolute Gasteiger partial charge is 0.0537 e. The average Bonchev–Trinajstić information content (AvgIpc) is 3.57. The van der Waals surface area contributed by atoms with Crippen molar-refractivity contribution in [2.45, 2.75) is 25.7 Å². The molecule has 2 aliphatic rings. The second-order valence-electron chi connectivity index (χ2n) is 11.1. The first-order valence-corrected chi connectivity index (χ1v) is 15.1. The summed E-state index contributed by atoms with van der Waals surface area (Å²) in [4.78, 5) is 0. The molecule has 0 saturated heterocycles. The van der Waals surface area contributed by atoms with Gasteiger partial charge in [-0.1, -0.05) is 91.0 Å². The summed E-state index contributed by atoms with van der Waals surface area (Å²) in [5.74, 6) is 0. The van der Waals surface area contributed by atoms with Gasteiger partial charge in [-0.25, -0.2) is 0 Å². The molecule has 2 heteroatoms. The van der Waals surface area contributed by atoms with Crippen molar-refractivity contribution in [1.29, 1.82) is 0 Å². The third-order valence-electron chi connectivity index (χ3n) is 8.98. The molecule has 0 saturated carbocycles. The Hall–Kier alpha value is -4.40. The van der Waals surface area contributed by atoms with E-state index in [1.807, 2.05) is 11.3 Å². The van der Waals surface area contributed by atoms with E-state index in [4.69, 9.17) is 0 Å². The summed E-state index contributed by atoms with van der Waals surface area (Å²) in [6.07, 6.45) is 9.05. The van der Waals surface area contributed by atoms with Crippen LogP contribution in [0.15, 0.2) is 109 Å². The van der Waals surface area contributed by atoms with E-state index < -0.39 is 0 Å². The van der Waals surface area contributed by atoms with Crippen LogP contribution in [-0.2, 0) is 19.3 Å². The van der Waals surface area contributed by atoms with Gasteiger partial charge < -0.3 is 4.57 Å². The number of benzene rings is 5. The number of allylic oxidation sites excluding steroid dienone is 1. The molecule has 0 fully saturated rings. The first kappa shape index (κ1) is 22.4. The third kappa shape index (κ3) is 3.14. The van der Waals surface area contributed by atoms with Gasteiger partial charge in [0.2, 0.25) is 0 Å². The van der Waals surface area contributed by atoms with E-state index in [1.54, 1.807) is 0 Å². The van der Waals surface area contributed by atoms with Crippen LogP contribution in [0.2, 0.25) is 0 Å². The molecule has 190 valence electrons. The number of nitrogens with zero attached hydrogens (tertiary/aromatic N) is 1. The molecule has 2 aliphatic carbocycles. The van der Waals surface area contributed by atoms with Gasteiger partial charge in [0.25, 0.3) is 0 Å². The van der Waals surface area contributed by atoms with Crippen molar-refractivity contribution in [1.82, 2.24) is 4.57 Å². The fourth-order valence-corrected chi connectivity index (χ4v) is 8.43. The molecule has 9 rings (SSSR count). The Kier molecular flexibility index (Phi) is 4.79. The van der Waals surface area contributed by atoms with Crippen LogP contribution in [0.25, 0.3) is 65.1 Å². The molecule has 40 heavy (non-hydrogen) atoms. The van der Waals surface area contributed by atoms with Crippen LogP contribution in [0.5, 0.6) is 0 Å². The molecule has 0 radical (unpaired) electrons. The van der Waals surface area contributed by atoms with E-state index in [9.17, 15) is 0 Å². The molecule has 0 N–H and O–H groups in total. The van der Waals surface area contributed by atoms with E-state index in [1.165, 1.54) is 81.4 Å². The lowest BCUT2D eigenvalue weighted by molar-refractivity contribution is 0.888. The van der Waals surface area contributed by atoms with Crippen molar-refractivity contribution >= 4 is 48.5 Å². The highest BCUT2D eigenvalue weighted by Gasteiger charge is 2.22. The predicted molar refractivity (Wildman–Crippen MR) is 172 cm³/mol. The summed E-state index contributed by atoms with van der Waals surface area (Å²) in [5.41, 5.74) is 13.8. The summed E-state index contributed by atoms with van der Waals surface area (Å²) < 4.78 is 5.24. The van der Waals surface area contributed by atoms with E-state index in [-0.39, 0.29) is 0 Å². The van der Waals surface area contributed by atoms with Crippen molar-refractivity contribution in [3.05, 3.63) is 132 Å². The number of aromatic nitrogens is 1. The largest absolute Gasteiger partial charge is 0.313 e. The average molecular weight is 530 g/mol. The lowest BCUT2D eigenvalue weighted by Crippen LogP contribution is -2.03. The Morgan fingerprint density at radius 2 is 1.43 bits per heavy atom. The van der Waals surface area contributed by atoms with Crippen molar-refractivity contribution in [3.63, 3.8) is 0 Å². The minimum Gasteiger partial charge on any atom is -0.313 e. The molecule has 0 bridgehead atoms. The Labute approximate surface area is 237 Å². The van der Waals surface area contributed by atoms with Gasteiger partial charge >= 0.3 is 0 Å². The summed E-state index contributed by atoms with van der Waals surface area (Å²) in [7, 11) is 0. The van der Waals surface area contributed by atoms with E-state index >= 15 is 0 Å². The fraction of sp³-hybridized carbons (Fsp3) is 0.105. The topological polar surface area (TPSA) is 4.93 Å². The molecule has 0 aliphatic heterocycles. The normalized spacial score (nSPS) is 14.0. The number of para-hydroxylation sites is 1. The Morgan fingerprint density at radius 3 is 2.38 bits per heavy atom. The molecule has 7 aromatic rings. The highest BCUT2D eigenvalue weighted by atomic mass is 32.1. The second kappa shape index (κ2) is 8.55. The molecular formula is C38H27NS. The minimum atomic E-state index is 1.08. The zero-order chi connectivity index (χ0) is 26.2. The van der Waals surface area contributed by atoms with Gasteiger partial charge in [-0.15, -0.1) is 11.3 Å². The molecule has 0 spiro atoms. The highest BCUT2D eigenvalue weighted by Crippen LogP contribution is 2.47. The quantitative estimate of drug-likeness (QED) is 0.210. The van der Waals surface area contributed by atoms with Gasteiger partial charge in [-0.05, 0) is 83.3 Å². The molecule has 0 unspecified atom stereocenters. The number of rotatable bonds is 2. The molecule has 1 nitrogen and oxygen atoms in total. The summed E-state index contributed by atoms with van der Waals surface area (Å²) in [6, 6.07) is 38.7. The molecule has 2 heterocycles. The number of fused-ring (bicyclic) bond motifs is 10. The van der Waals surface area contributed by atoms with Gasteiger partial charge in [0.15, 0.2) is 0 Å². The van der Waals surface area contributed by atoms with E-state index in [2.05, 4.69) is 120 Å². The minimum absolute atomic E-state index is 1.08. The van der Waals surface area contributed by atoms with Crippen LogP contribution in [0.3, 0.4) is 0 Å². The van der Waals surface area contributed by atoms with Crippen molar-refractivity contribution in [3.8, 4) is 27.9 Å². The molecular weight excluding hydrogens is 502 g/mol. The van der Waals surface area contributed by atoms with Gasteiger partial charge in [-0.2, -0.15) is 0 Å². The van der Waals surface area contributed by atoms with Crippen LogP contribution >= 0.6 is 11.3 Å². The zero-order valence-corrected chi connectivity index (χ0v) is 23.0. The maximum Gasteiger partial charge on any atom is 0.0537 e. The van der Waals surface area contributed by atoms with Crippen LogP contribution < -0.4 is 0 Å².